The van der Waals surface area contributed by atoms with Crippen molar-refractivity contribution in [2.24, 2.45) is 5.92 Å². The van der Waals surface area contributed by atoms with Crippen molar-refractivity contribution < 1.29 is 4.79 Å². The average molecular weight is 233 g/mol. The van der Waals surface area contributed by atoms with Crippen LogP contribution in [-0.4, -0.2) is 27.3 Å². The predicted octanol–water partition coefficient (Wildman–Crippen LogP) is 2.10. The largest absolute Gasteiger partial charge is 0.334 e. The van der Waals surface area contributed by atoms with Crippen molar-refractivity contribution >= 4 is 5.91 Å². The van der Waals surface area contributed by atoms with Crippen molar-refractivity contribution in [3.05, 3.63) is 23.8 Å². The summed E-state index contributed by atoms with van der Waals surface area (Å²) >= 11 is 0. The fourth-order valence-electron chi connectivity index (χ4n) is 2.31. The van der Waals surface area contributed by atoms with Crippen LogP contribution in [0.25, 0.3) is 0 Å². The van der Waals surface area contributed by atoms with E-state index in [1.165, 1.54) is 0 Å². The molecule has 0 radical (unpaired) electrons. The molecule has 1 aliphatic heterocycles. The van der Waals surface area contributed by atoms with Gasteiger partial charge in [0.2, 0.25) is 5.91 Å². The zero-order valence-corrected chi connectivity index (χ0v) is 10.7. The van der Waals surface area contributed by atoms with E-state index in [2.05, 4.69) is 9.97 Å². The highest BCUT2D eigenvalue weighted by Crippen LogP contribution is 2.31. The third-order valence-electron chi connectivity index (χ3n) is 3.14. The van der Waals surface area contributed by atoms with Crippen molar-refractivity contribution in [2.45, 2.75) is 39.7 Å². The minimum absolute atomic E-state index is 0.0494. The second-order valence-corrected chi connectivity index (χ2v) is 4.93. The Kier molecular flexibility index (Phi) is 3.41. The number of amides is 1. The molecule has 1 aromatic rings. The maximum absolute atomic E-state index is 12.1. The van der Waals surface area contributed by atoms with Gasteiger partial charge in [0.25, 0.3) is 0 Å². The Morgan fingerprint density at radius 1 is 1.47 bits per heavy atom. The molecule has 0 unspecified atom stereocenters. The molecule has 1 fully saturated rings. The topological polar surface area (TPSA) is 46.1 Å². The van der Waals surface area contributed by atoms with Gasteiger partial charge in [0.1, 0.15) is 0 Å². The summed E-state index contributed by atoms with van der Waals surface area (Å²) in [7, 11) is 0. The van der Waals surface area contributed by atoms with Gasteiger partial charge in [-0.3, -0.25) is 14.8 Å². The Bertz CT molecular complexity index is 417. The molecule has 0 aromatic carbocycles. The smallest absolute Gasteiger partial charge is 0.225 e. The number of hydrogen-bond acceptors (Lipinski definition) is 3. The molecule has 0 bridgehead atoms. The lowest BCUT2D eigenvalue weighted by Crippen LogP contribution is -2.34. The second-order valence-electron chi connectivity index (χ2n) is 4.93. The van der Waals surface area contributed by atoms with Gasteiger partial charge in [0, 0.05) is 18.7 Å². The van der Waals surface area contributed by atoms with Gasteiger partial charge in [-0.2, -0.15) is 0 Å². The molecule has 0 spiro atoms. The number of nitrogens with zero attached hydrogens (tertiary/aromatic N) is 3. The van der Waals surface area contributed by atoms with Crippen molar-refractivity contribution in [3.63, 3.8) is 0 Å². The minimum atomic E-state index is 0.0494. The molecule has 2 rings (SSSR count). The van der Waals surface area contributed by atoms with Crippen molar-refractivity contribution in [3.8, 4) is 0 Å². The maximum Gasteiger partial charge on any atom is 0.225 e. The Morgan fingerprint density at radius 2 is 2.24 bits per heavy atom. The Balaban J connectivity index is 2.23. The molecule has 92 valence electrons. The summed E-state index contributed by atoms with van der Waals surface area (Å²) < 4.78 is 0. The van der Waals surface area contributed by atoms with Crippen LogP contribution in [0, 0.1) is 12.8 Å². The molecular weight excluding hydrogens is 214 g/mol. The van der Waals surface area contributed by atoms with Crippen molar-refractivity contribution in [1.29, 1.82) is 0 Å². The molecule has 1 atom stereocenters. The van der Waals surface area contributed by atoms with Gasteiger partial charge < -0.3 is 4.90 Å². The molecule has 17 heavy (non-hydrogen) atoms. The van der Waals surface area contributed by atoms with Crippen LogP contribution in [0.5, 0.6) is 0 Å². The Morgan fingerprint density at radius 3 is 2.88 bits per heavy atom. The molecule has 4 heteroatoms. The molecule has 1 aliphatic rings. The van der Waals surface area contributed by atoms with Crippen LogP contribution in [0.2, 0.25) is 0 Å². The predicted molar refractivity (Wildman–Crippen MR) is 65.3 cm³/mol. The first-order valence-electron chi connectivity index (χ1n) is 6.18. The Hall–Kier alpha value is -1.45. The zero-order chi connectivity index (χ0) is 12.4. The van der Waals surface area contributed by atoms with Gasteiger partial charge in [-0.05, 0) is 19.8 Å². The summed E-state index contributed by atoms with van der Waals surface area (Å²) in [6, 6.07) is 0.122. The summed E-state index contributed by atoms with van der Waals surface area (Å²) in [5.41, 5.74) is 1.84. The summed E-state index contributed by atoms with van der Waals surface area (Å²) in [5.74, 6) is 0.268. The van der Waals surface area contributed by atoms with Gasteiger partial charge in [0.15, 0.2) is 0 Å². The second kappa shape index (κ2) is 4.82. The van der Waals surface area contributed by atoms with Gasteiger partial charge in [-0.15, -0.1) is 0 Å². The van der Waals surface area contributed by atoms with Crippen molar-refractivity contribution in [2.75, 3.05) is 6.54 Å². The van der Waals surface area contributed by atoms with E-state index in [1.807, 2.05) is 25.7 Å². The summed E-state index contributed by atoms with van der Waals surface area (Å²) in [4.78, 5) is 22.7. The number of carbonyl (C=O) groups excluding carboxylic acids is 1. The maximum atomic E-state index is 12.1. The van der Waals surface area contributed by atoms with Crippen LogP contribution in [0.1, 0.15) is 44.1 Å². The average Bonchev–Trinajstić information content (AvgIpc) is 2.76. The van der Waals surface area contributed by atoms with E-state index in [9.17, 15) is 4.79 Å². The fourth-order valence-corrected chi connectivity index (χ4v) is 2.31. The van der Waals surface area contributed by atoms with Crippen molar-refractivity contribution in [1.82, 2.24) is 14.9 Å². The third kappa shape index (κ3) is 2.46. The van der Waals surface area contributed by atoms with Crippen LogP contribution in [0.3, 0.4) is 0 Å². The molecule has 0 N–H and O–H groups in total. The Labute approximate surface area is 102 Å². The zero-order valence-electron chi connectivity index (χ0n) is 10.7. The number of hydrogen-bond donors (Lipinski definition) is 0. The molecule has 1 aromatic heterocycles. The van der Waals surface area contributed by atoms with Crippen LogP contribution in [-0.2, 0) is 4.79 Å². The molecule has 0 aliphatic carbocycles. The third-order valence-corrected chi connectivity index (χ3v) is 3.14. The van der Waals surface area contributed by atoms with E-state index in [0.29, 0.717) is 0 Å². The van der Waals surface area contributed by atoms with E-state index in [1.54, 1.807) is 12.4 Å². The number of aromatic nitrogens is 2. The molecular formula is C13H19N3O. The number of rotatable bonds is 2. The molecule has 2 heterocycles. The van der Waals surface area contributed by atoms with Crippen LogP contribution in [0.15, 0.2) is 12.4 Å². The van der Waals surface area contributed by atoms with Crippen LogP contribution >= 0.6 is 0 Å². The molecule has 1 amide bonds. The fraction of sp³-hybridized carbons (Fsp3) is 0.615. The minimum Gasteiger partial charge on any atom is -0.334 e. The molecule has 4 nitrogen and oxygen atoms in total. The summed E-state index contributed by atoms with van der Waals surface area (Å²) in [6.45, 7) is 6.66. The normalized spacial score (nSPS) is 20.0. The van der Waals surface area contributed by atoms with Gasteiger partial charge in [-0.25, -0.2) is 0 Å². The van der Waals surface area contributed by atoms with Gasteiger partial charge >= 0.3 is 0 Å². The lowest BCUT2D eigenvalue weighted by molar-refractivity contribution is -0.135. The highest BCUT2D eigenvalue weighted by molar-refractivity contribution is 5.78. The lowest BCUT2D eigenvalue weighted by Gasteiger charge is -2.25. The highest BCUT2D eigenvalue weighted by Gasteiger charge is 2.32. The quantitative estimate of drug-likeness (QED) is 0.786. The highest BCUT2D eigenvalue weighted by atomic mass is 16.2. The number of likely N-dealkylation sites (tertiary alicyclic amines) is 1. The van der Waals surface area contributed by atoms with Crippen LogP contribution in [0.4, 0.5) is 0 Å². The first-order chi connectivity index (χ1) is 8.09. The monoisotopic (exact) mass is 233 g/mol. The van der Waals surface area contributed by atoms with E-state index in [0.717, 1.165) is 30.8 Å². The van der Waals surface area contributed by atoms with E-state index in [4.69, 9.17) is 0 Å². The summed E-state index contributed by atoms with van der Waals surface area (Å²) in [5, 5.41) is 0. The lowest BCUT2D eigenvalue weighted by atomic mass is 10.1. The summed E-state index contributed by atoms with van der Waals surface area (Å²) in [6.07, 6.45) is 5.58. The first-order valence-corrected chi connectivity index (χ1v) is 6.18. The first kappa shape index (κ1) is 12.0. The molecule has 0 saturated carbocycles. The van der Waals surface area contributed by atoms with Crippen LogP contribution < -0.4 is 0 Å². The standard InChI is InChI=1S/C13H19N3O/c1-9(2)13(17)16-6-4-5-12(16)11-8-14-7-10(3)15-11/h7-9,12H,4-6H2,1-3H3/t12-/m0/s1. The molecule has 1 saturated heterocycles. The van der Waals surface area contributed by atoms with E-state index in [-0.39, 0.29) is 17.9 Å². The van der Waals surface area contributed by atoms with E-state index < -0.39 is 0 Å². The van der Waals surface area contributed by atoms with E-state index >= 15 is 0 Å². The van der Waals surface area contributed by atoms with Gasteiger partial charge in [-0.1, -0.05) is 13.8 Å². The number of aryl methyl sites for hydroxylation is 1. The SMILES string of the molecule is Cc1cncc([C@@H]2CCCN2C(=O)C(C)C)n1. The number of carbonyl (C=O) groups is 1. The van der Waals surface area contributed by atoms with Gasteiger partial charge in [0.05, 0.1) is 23.6 Å².